The van der Waals surface area contributed by atoms with Gasteiger partial charge in [0.1, 0.15) is 0 Å². The molecule has 1 heterocycles. The number of carbonyl (C=O) groups excluding carboxylic acids is 1. The van der Waals surface area contributed by atoms with E-state index < -0.39 is 0 Å². The van der Waals surface area contributed by atoms with Crippen LogP contribution in [0.3, 0.4) is 0 Å². The van der Waals surface area contributed by atoms with Crippen molar-refractivity contribution in [1.29, 1.82) is 0 Å². The van der Waals surface area contributed by atoms with Crippen LogP contribution in [0.25, 0.3) is 32.7 Å². The third-order valence-corrected chi connectivity index (χ3v) is 5.41. The first-order valence-electron chi connectivity index (χ1n) is 8.58. The lowest BCUT2D eigenvalue weighted by Crippen LogP contribution is -1.92. The minimum absolute atomic E-state index is 0.0908. The molecule has 4 aromatic rings. The minimum atomic E-state index is 0.0908. The molecule has 0 spiro atoms. The highest BCUT2D eigenvalue weighted by atomic mass is 32.1. The zero-order chi connectivity index (χ0) is 17.9. The Morgan fingerprint density at radius 2 is 1.35 bits per heavy atom. The lowest BCUT2D eigenvalue weighted by molar-refractivity contribution is 0.101. The number of carbonyl (C=O) groups is 1. The van der Waals surface area contributed by atoms with Crippen LogP contribution in [-0.2, 0) is 0 Å². The summed E-state index contributed by atoms with van der Waals surface area (Å²) < 4.78 is 0. The van der Waals surface area contributed by atoms with E-state index in [-0.39, 0.29) is 5.78 Å². The number of ketones is 1. The molecule has 3 aromatic carbocycles. The SMILES string of the molecule is CC(=O)c1ccc(-c2cccc(-c3ccccc3)c2-c2cccs2)cc1. The van der Waals surface area contributed by atoms with Gasteiger partial charge in [-0.15, -0.1) is 11.3 Å². The summed E-state index contributed by atoms with van der Waals surface area (Å²) in [4.78, 5) is 12.8. The zero-order valence-electron chi connectivity index (χ0n) is 14.5. The van der Waals surface area contributed by atoms with Crippen molar-refractivity contribution in [1.82, 2.24) is 0 Å². The molecular formula is C24H18OS. The third-order valence-electron chi connectivity index (χ3n) is 4.52. The normalized spacial score (nSPS) is 10.7. The Bertz CT molecular complexity index is 1030. The van der Waals surface area contributed by atoms with Crippen LogP contribution < -0.4 is 0 Å². The van der Waals surface area contributed by atoms with Crippen LogP contribution in [0.1, 0.15) is 17.3 Å². The van der Waals surface area contributed by atoms with Crippen LogP contribution in [0.2, 0.25) is 0 Å². The van der Waals surface area contributed by atoms with Crippen molar-refractivity contribution in [2.24, 2.45) is 0 Å². The van der Waals surface area contributed by atoms with Crippen molar-refractivity contribution < 1.29 is 4.79 Å². The highest BCUT2D eigenvalue weighted by Crippen LogP contribution is 2.41. The van der Waals surface area contributed by atoms with Crippen LogP contribution in [0.4, 0.5) is 0 Å². The first kappa shape index (κ1) is 16.5. The molecule has 0 saturated heterocycles. The van der Waals surface area contributed by atoms with E-state index in [0.717, 1.165) is 11.1 Å². The maximum Gasteiger partial charge on any atom is 0.159 e. The van der Waals surface area contributed by atoms with Crippen LogP contribution in [0.5, 0.6) is 0 Å². The van der Waals surface area contributed by atoms with Gasteiger partial charge < -0.3 is 0 Å². The van der Waals surface area contributed by atoms with E-state index in [1.54, 1.807) is 18.3 Å². The molecule has 0 aliphatic rings. The molecule has 0 fully saturated rings. The van der Waals surface area contributed by atoms with Gasteiger partial charge in [0.05, 0.1) is 0 Å². The molecule has 26 heavy (non-hydrogen) atoms. The van der Waals surface area contributed by atoms with Crippen LogP contribution in [0, 0.1) is 0 Å². The molecule has 2 heteroatoms. The molecule has 126 valence electrons. The molecule has 0 amide bonds. The van der Waals surface area contributed by atoms with Crippen LogP contribution in [-0.4, -0.2) is 5.78 Å². The fourth-order valence-corrected chi connectivity index (χ4v) is 4.02. The van der Waals surface area contributed by atoms with E-state index >= 15 is 0 Å². The zero-order valence-corrected chi connectivity index (χ0v) is 15.3. The number of hydrogen-bond acceptors (Lipinski definition) is 2. The Morgan fingerprint density at radius 3 is 1.92 bits per heavy atom. The second-order valence-electron chi connectivity index (χ2n) is 6.20. The summed E-state index contributed by atoms with van der Waals surface area (Å²) in [5, 5.41) is 2.11. The lowest BCUT2D eigenvalue weighted by Gasteiger charge is -2.15. The van der Waals surface area contributed by atoms with E-state index in [4.69, 9.17) is 0 Å². The first-order valence-corrected chi connectivity index (χ1v) is 9.46. The molecule has 0 atom stereocenters. The van der Waals surface area contributed by atoms with Gasteiger partial charge in [-0.05, 0) is 40.6 Å². The largest absolute Gasteiger partial charge is 0.295 e. The van der Waals surface area contributed by atoms with Gasteiger partial charge in [0.25, 0.3) is 0 Å². The smallest absolute Gasteiger partial charge is 0.159 e. The van der Waals surface area contributed by atoms with Gasteiger partial charge in [-0.25, -0.2) is 0 Å². The number of benzene rings is 3. The number of hydrogen-bond donors (Lipinski definition) is 0. The highest BCUT2D eigenvalue weighted by Gasteiger charge is 2.14. The Kier molecular flexibility index (Phi) is 4.51. The summed E-state index contributed by atoms with van der Waals surface area (Å²) in [6.07, 6.45) is 0. The summed E-state index contributed by atoms with van der Waals surface area (Å²) in [5.74, 6) is 0.0908. The predicted octanol–water partition coefficient (Wildman–Crippen LogP) is 6.95. The fraction of sp³-hybridized carbons (Fsp3) is 0.0417. The molecule has 1 aromatic heterocycles. The van der Waals surface area contributed by atoms with E-state index in [1.165, 1.54) is 27.1 Å². The van der Waals surface area contributed by atoms with Gasteiger partial charge in [0.15, 0.2) is 5.78 Å². The van der Waals surface area contributed by atoms with Crippen molar-refractivity contribution >= 4 is 17.1 Å². The summed E-state index contributed by atoms with van der Waals surface area (Å²) in [5.41, 5.74) is 6.72. The molecule has 0 aliphatic heterocycles. The predicted molar refractivity (Wildman–Crippen MR) is 111 cm³/mol. The quantitative estimate of drug-likeness (QED) is 0.362. The number of rotatable bonds is 4. The average Bonchev–Trinajstić information content (AvgIpc) is 3.22. The van der Waals surface area contributed by atoms with Gasteiger partial charge >= 0.3 is 0 Å². The highest BCUT2D eigenvalue weighted by molar-refractivity contribution is 7.13. The third kappa shape index (κ3) is 3.12. The van der Waals surface area contributed by atoms with Crippen molar-refractivity contribution in [3.8, 4) is 32.7 Å². The molecule has 0 N–H and O–H groups in total. The second kappa shape index (κ2) is 7.11. The molecule has 0 aliphatic carbocycles. The van der Waals surface area contributed by atoms with Crippen molar-refractivity contribution in [2.45, 2.75) is 6.92 Å². The fourth-order valence-electron chi connectivity index (χ4n) is 3.22. The van der Waals surface area contributed by atoms with Crippen molar-refractivity contribution in [2.75, 3.05) is 0 Å². The maximum absolute atomic E-state index is 11.6. The standard InChI is InChI=1S/C24H18OS/c1-17(25)18-12-14-20(15-13-18)22-10-5-9-21(19-7-3-2-4-8-19)24(22)23-11-6-16-26-23/h2-16H,1H3. The molecule has 0 radical (unpaired) electrons. The average molecular weight is 354 g/mol. The van der Waals surface area contributed by atoms with Gasteiger partial charge in [0, 0.05) is 16.0 Å². The van der Waals surface area contributed by atoms with E-state index in [1.807, 2.05) is 30.3 Å². The van der Waals surface area contributed by atoms with Crippen molar-refractivity contribution in [3.05, 3.63) is 95.9 Å². The molecule has 0 saturated carbocycles. The molecule has 4 rings (SSSR count). The van der Waals surface area contributed by atoms with Crippen LogP contribution in [0.15, 0.2) is 90.3 Å². The summed E-state index contributed by atoms with van der Waals surface area (Å²) in [6, 6.07) is 29.1. The number of thiophene rings is 1. The monoisotopic (exact) mass is 354 g/mol. The Morgan fingerprint density at radius 1 is 0.692 bits per heavy atom. The first-order chi connectivity index (χ1) is 12.7. The van der Waals surface area contributed by atoms with Gasteiger partial charge in [0.2, 0.25) is 0 Å². The summed E-state index contributed by atoms with van der Waals surface area (Å²) in [7, 11) is 0. The Labute approximate surface area is 157 Å². The molecule has 0 unspecified atom stereocenters. The second-order valence-corrected chi connectivity index (χ2v) is 7.15. The Hall–Kier alpha value is -2.97. The summed E-state index contributed by atoms with van der Waals surface area (Å²) in [6.45, 7) is 1.60. The lowest BCUT2D eigenvalue weighted by atomic mass is 9.90. The minimum Gasteiger partial charge on any atom is -0.295 e. The topological polar surface area (TPSA) is 17.1 Å². The van der Waals surface area contributed by atoms with E-state index in [2.05, 4.69) is 60.0 Å². The van der Waals surface area contributed by atoms with Gasteiger partial charge in [-0.1, -0.05) is 78.9 Å². The van der Waals surface area contributed by atoms with Crippen molar-refractivity contribution in [3.63, 3.8) is 0 Å². The van der Waals surface area contributed by atoms with E-state index in [0.29, 0.717) is 0 Å². The van der Waals surface area contributed by atoms with Gasteiger partial charge in [-0.3, -0.25) is 4.79 Å². The molecule has 1 nitrogen and oxygen atoms in total. The van der Waals surface area contributed by atoms with Crippen LogP contribution >= 0.6 is 11.3 Å². The molecular weight excluding hydrogens is 336 g/mol. The molecule has 0 bridgehead atoms. The van der Waals surface area contributed by atoms with E-state index in [9.17, 15) is 4.79 Å². The summed E-state index contributed by atoms with van der Waals surface area (Å²) >= 11 is 1.75. The van der Waals surface area contributed by atoms with Gasteiger partial charge in [-0.2, -0.15) is 0 Å². The Balaban J connectivity index is 1.94. The number of Topliss-reactive ketones (excluding diaryl/α,β-unsaturated/α-hetero) is 1. The maximum atomic E-state index is 11.6.